The van der Waals surface area contributed by atoms with Gasteiger partial charge in [0.05, 0.1) is 4.34 Å². The van der Waals surface area contributed by atoms with Crippen LogP contribution in [0.2, 0.25) is 4.34 Å². The molecule has 88 valence electrons. The van der Waals surface area contributed by atoms with E-state index in [-0.39, 0.29) is 6.54 Å². The zero-order valence-electron chi connectivity index (χ0n) is 8.55. The van der Waals surface area contributed by atoms with Gasteiger partial charge in [0.15, 0.2) is 0 Å². The number of carboxylic acid groups (broad SMARTS) is 1. The fraction of sp³-hybridized carbons (Fsp3) is 0.100. The van der Waals surface area contributed by atoms with Gasteiger partial charge in [-0.15, -0.1) is 11.3 Å². The minimum Gasteiger partial charge on any atom is -0.480 e. The maximum atomic E-state index is 10.3. The second-order valence-electron chi connectivity index (χ2n) is 3.15. The van der Waals surface area contributed by atoms with Crippen molar-refractivity contribution in [3.8, 4) is 10.4 Å². The quantitative estimate of drug-likeness (QED) is 0.891. The Labute approximate surface area is 106 Å². The van der Waals surface area contributed by atoms with E-state index >= 15 is 0 Å². The molecule has 0 amide bonds. The standard InChI is InChI=1S/C10H8ClN3O2S/c11-8-2-1-7(17-8)6-3-12-10(13-4-6)14-5-9(15)16/h1-4H,5H2,(H,15,16)(H,12,13,14). The fourth-order valence-corrected chi connectivity index (χ4v) is 2.19. The summed E-state index contributed by atoms with van der Waals surface area (Å²) in [6.07, 6.45) is 3.25. The number of rotatable bonds is 4. The summed E-state index contributed by atoms with van der Waals surface area (Å²) in [5.41, 5.74) is 0.850. The van der Waals surface area contributed by atoms with Gasteiger partial charge < -0.3 is 10.4 Å². The number of carboxylic acids is 1. The molecule has 2 rings (SSSR count). The highest BCUT2D eigenvalue weighted by Crippen LogP contribution is 2.30. The van der Waals surface area contributed by atoms with Gasteiger partial charge >= 0.3 is 5.97 Å². The molecule has 2 aromatic heterocycles. The Morgan fingerprint density at radius 2 is 2.12 bits per heavy atom. The Hall–Kier alpha value is -1.66. The van der Waals surface area contributed by atoms with E-state index in [1.807, 2.05) is 6.07 Å². The van der Waals surface area contributed by atoms with E-state index < -0.39 is 5.97 Å². The van der Waals surface area contributed by atoms with Crippen molar-refractivity contribution in [3.05, 3.63) is 28.9 Å². The fourth-order valence-electron chi connectivity index (χ4n) is 1.17. The molecule has 2 aromatic rings. The summed E-state index contributed by atoms with van der Waals surface area (Å²) in [5.74, 6) is -0.665. The number of hydrogen-bond donors (Lipinski definition) is 2. The van der Waals surface area contributed by atoms with E-state index in [1.165, 1.54) is 11.3 Å². The van der Waals surface area contributed by atoms with E-state index in [9.17, 15) is 4.79 Å². The van der Waals surface area contributed by atoms with Crippen LogP contribution in [0, 0.1) is 0 Å². The van der Waals surface area contributed by atoms with Crippen LogP contribution in [-0.4, -0.2) is 27.6 Å². The van der Waals surface area contributed by atoms with E-state index in [1.54, 1.807) is 18.5 Å². The molecular weight excluding hydrogens is 262 g/mol. The molecule has 0 fully saturated rings. The van der Waals surface area contributed by atoms with Crippen LogP contribution in [0.25, 0.3) is 10.4 Å². The summed E-state index contributed by atoms with van der Waals surface area (Å²) in [6.45, 7) is -0.204. The Bertz CT molecular complexity index is 527. The number of aromatic nitrogens is 2. The minimum absolute atomic E-state index is 0.204. The molecule has 17 heavy (non-hydrogen) atoms. The topological polar surface area (TPSA) is 75.1 Å². The molecule has 0 spiro atoms. The number of anilines is 1. The van der Waals surface area contributed by atoms with Gasteiger partial charge in [0.25, 0.3) is 0 Å². The van der Waals surface area contributed by atoms with Gasteiger partial charge in [0.1, 0.15) is 6.54 Å². The SMILES string of the molecule is O=C(O)CNc1ncc(-c2ccc(Cl)s2)cn1. The maximum absolute atomic E-state index is 10.3. The molecule has 5 nitrogen and oxygen atoms in total. The highest BCUT2D eigenvalue weighted by atomic mass is 35.5. The number of halogens is 1. The van der Waals surface area contributed by atoms with Gasteiger partial charge in [-0.3, -0.25) is 4.79 Å². The average molecular weight is 270 g/mol. The van der Waals surface area contributed by atoms with Crippen molar-refractivity contribution >= 4 is 34.9 Å². The van der Waals surface area contributed by atoms with Crippen LogP contribution >= 0.6 is 22.9 Å². The van der Waals surface area contributed by atoms with E-state index in [0.717, 1.165) is 10.4 Å². The second-order valence-corrected chi connectivity index (χ2v) is 4.86. The molecule has 7 heteroatoms. The Morgan fingerprint density at radius 3 is 2.65 bits per heavy atom. The van der Waals surface area contributed by atoms with Crippen LogP contribution in [0.15, 0.2) is 24.5 Å². The number of thiophene rings is 1. The number of nitrogens with one attached hydrogen (secondary N) is 1. The van der Waals surface area contributed by atoms with Crippen molar-refractivity contribution in [1.29, 1.82) is 0 Å². The highest BCUT2D eigenvalue weighted by molar-refractivity contribution is 7.19. The predicted molar refractivity (Wildman–Crippen MR) is 66.5 cm³/mol. The Morgan fingerprint density at radius 1 is 1.41 bits per heavy atom. The van der Waals surface area contributed by atoms with Gasteiger partial charge in [-0.05, 0) is 12.1 Å². The first-order valence-electron chi connectivity index (χ1n) is 4.68. The molecule has 0 saturated carbocycles. The van der Waals surface area contributed by atoms with Crippen LogP contribution in [0.3, 0.4) is 0 Å². The third-order valence-electron chi connectivity index (χ3n) is 1.91. The molecule has 0 unspecified atom stereocenters. The van der Waals surface area contributed by atoms with Crippen molar-refractivity contribution in [2.75, 3.05) is 11.9 Å². The van der Waals surface area contributed by atoms with Gasteiger partial charge in [-0.25, -0.2) is 9.97 Å². The molecule has 0 atom stereocenters. The largest absolute Gasteiger partial charge is 0.480 e. The number of carbonyl (C=O) groups is 1. The Kier molecular flexibility index (Phi) is 3.55. The molecular formula is C10H8ClN3O2S. The van der Waals surface area contributed by atoms with Crippen LogP contribution in [0.4, 0.5) is 5.95 Å². The average Bonchev–Trinajstić information content (AvgIpc) is 2.74. The third kappa shape index (κ3) is 3.15. The van der Waals surface area contributed by atoms with Gasteiger partial charge in [-0.1, -0.05) is 11.6 Å². The van der Waals surface area contributed by atoms with Gasteiger partial charge in [0.2, 0.25) is 5.95 Å². The molecule has 0 saturated heterocycles. The lowest BCUT2D eigenvalue weighted by molar-refractivity contribution is -0.134. The molecule has 0 bridgehead atoms. The van der Waals surface area contributed by atoms with Crippen molar-refractivity contribution in [2.45, 2.75) is 0 Å². The number of aliphatic carboxylic acids is 1. The number of nitrogens with zero attached hydrogens (tertiary/aromatic N) is 2. The normalized spacial score (nSPS) is 10.2. The molecule has 2 N–H and O–H groups in total. The second kappa shape index (κ2) is 5.11. The van der Waals surface area contributed by atoms with Crippen LogP contribution in [0.1, 0.15) is 0 Å². The lowest BCUT2D eigenvalue weighted by Gasteiger charge is -2.01. The summed E-state index contributed by atoms with van der Waals surface area (Å²) in [7, 11) is 0. The zero-order chi connectivity index (χ0) is 12.3. The molecule has 2 heterocycles. The van der Waals surface area contributed by atoms with Crippen molar-refractivity contribution < 1.29 is 9.90 Å². The van der Waals surface area contributed by atoms with E-state index in [0.29, 0.717) is 10.3 Å². The summed E-state index contributed by atoms with van der Waals surface area (Å²) in [5, 5.41) is 11.1. The third-order valence-corrected chi connectivity index (χ3v) is 3.19. The molecule has 0 aliphatic heterocycles. The number of hydrogen-bond acceptors (Lipinski definition) is 5. The summed E-state index contributed by atoms with van der Waals surface area (Å²) in [4.78, 5) is 19.3. The first-order chi connectivity index (χ1) is 8.15. The lowest BCUT2D eigenvalue weighted by Crippen LogP contribution is -2.14. The summed E-state index contributed by atoms with van der Waals surface area (Å²) < 4.78 is 0.702. The smallest absolute Gasteiger partial charge is 0.322 e. The monoisotopic (exact) mass is 269 g/mol. The Balaban J connectivity index is 2.10. The van der Waals surface area contributed by atoms with Crippen LogP contribution in [0.5, 0.6) is 0 Å². The van der Waals surface area contributed by atoms with Crippen LogP contribution in [-0.2, 0) is 4.79 Å². The first kappa shape index (κ1) is 11.8. The highest BCUT2D eigenvalue weighted by Gasteiger charge is 2.04. The van der Waals surface area contributed by atoms with E-state index in [2.05, 4.69) is 15.3 Å². The maximum Gasteiger partial charge on any atom is 0.322 e. The molecule has 0 aliphatic rings. The van der Waals surface area contributed by atoms with Crippen molar-refractivity contribution in [1.82, 2.24) is 9.97 Å². The van der Waals surface area contributed by atoms with Crippen molar-refractivity contribution in [3.63, 3.8) is 0 Å². The van der Waals surface area contributed by atoms with E-state index in [4.69, 9.17) is 16.7 Å². The summed E-state index contributed by atoms with van der Waals surface area (Å²) >= 11 is 7.26. The molecule has 0 aromatic carbocycles. The molecule has 0 aliphatic carbocycles. The molecule has 0 radical (unpaired) electrons. The van der Waals surface area contributed by atoms with Gasteiger partial charge in [-0.2, -0.15) is 0 Å². The minimum atomic E-state index is -0.956. The summed E-state index contributed by atoms with van der Waals surface area (Å²) in [6, 6.07) is 3.69. The van der Waals surface area contributed by atoms with Crippen LogP contribution < -0.4 is 5.32 Å². The lowest BCUT2D eigenvalue weighted by atomic mass is 10.3. The van der Waals surface area contributed by atoms with Gasteiger partial charge in [0, 0.05) is 22.8 Å². The first-order valence-corrected chi connectivity index (χ1v) is 5.88. The zero-order valence-corrected chi connectivity index (χ0v) is 10.1. The van der Waals surface area contributed by atoms with Crippen molar-refractivity contribution in [2.24, 2.45) is 0 Å². The predicted octanol–water partition coefficient (Wildman–Crippen LogP) is 2.36.